The lowest BCUT2D eigenvalue weighted by molar-refractivity contribution is 0.0344. The van der Waals surface area contributed by atoms with Gasteiger partial charge in [-0.1, -0.05) is 19.9 Å². The fourth-order valence-electron chi connectivity index (χ4n) is 3.54. The summed E-state index contributed by atoms with van der Waals surface area (Å²) in [5, 5.41) is 3.46. The molecule has 0 saturated carbocycles. The Kier molecular flexibility index (Phi) is 3.70. The van der Waals surface area contributed by atoms with Gasteiger partial charge in [0.25, 0.3) is 0 Å². The molecule has 2 fully saturated rings. The minimum atomic E-state index is 0.286. The molecule has 2 heterocycles. The van der Waals surface area contributed by atoms with Crippen molar-refractivity contribution >= 4 is 0 Å². The number of piperidine rings is 2. The molecule has 2 aliphatic heterocycles. The van der Waals surface area contributed by atoms with Gasteiger partial charge < -0.3 is 5.32 Å². The molecule has 2 aliphatic rings. The summed E-state index contributed by atoms with van der Waals surface area (Å²) in [7, 11) is 0. The van der Waals surface area contributed by atoms with E-state index in [-0.39, 0.29) is 5.54 Å². The van der Waals surface area contributed by atoms with Gasteiger partial charge in [0.15, 0.2) is 0 Å². The Hall–Kier alpha value is -0.340. The Morgan fingerprint density at radius 3 is 2.25 bits per heavy atom. The highest BCUT2D eigenvalue weighted by Gasteiger charge is 2.38. The van der Waals surface area contributed by atoms with Crippen molar-refractivity contribution in [2.45, 2.75) is 38.6 Å². The molecule has 92 valence electrons. The van der Waals surface area contributed by atoms with Gasteiger partial charge in [0, 0.05) is 18.6 Å². The number of nitrogens with one attached hydrogen (secondary N) is 1. The highest BCUT2D eigenvalue weighted by Crippen LogP contribution is 2.33. The van der Waals surface area contributed by atoms with Crippen LogP contribution in [0, 0.1) is 11.8 Å². The van der Waals surface area contributed by atoms with Gasteiger partial charge in [0.2, 0.25) is 0 Å². The zero-order valence-electron chi connectivity index (χ0n) is 10.8. The van der Waals surface area contributed by atoms with Crippen LogP contribution in [-0.2, 0) is 0 Å². The first-order valence-corrected chi connectivity index (χ1v) is 6.75. The standard InChI is InChI=1S/C14H26N2/c1-4-14(5-7-15-8-6-14)16-10-12(2)9-13(3)11-16/h4,12-13,15H,1,5-11H2,2-3H3/t12-,13-/m1/s1. The maximum absolute atomic E-state index is 4.11. The molecule has 0 unspecified atom stereocenters. The molecular weight excluding hydrogens is 196 g/mol. The molecule has 2 rings (SSSR count). The molecule has 2 heteroatoms. The van der Waals surface area contributed by atoms with Crippen LogP contribution in [0.1, 0.15) is 33.1 Å². The summed E-state index contributed by atoms with van der Waals surface area (Å²) < 4.78 is 0. The second kappa shape index (κ2) is 4.89. The highest BCUT2D eigenvalue weighted by molar-refractivity contribution is 5.08. The Bertz CT molecular complexity index is 233. The van der Waals surface area contributed by atoms with Gasteiger partial charge in [0.05, 0.1) is 0 Å². The largest absolute Gasteiger partial charge is 0.317 e. The second-order valence-corrected chi connectivity index (χ2v) is 5.91. The van der Waals surface area contributed by atoms with E-state index in [2.05, 4.69) is 36.7 Å². The first kappa shape index (κ1) is 12.1. The molecule has 0 aliphatic carbocycles. The molecule has 0 aromatic rings. The van der Waals surface area contributed by atoms with Crippen LogP contribution in [0.15, 0.2) is 12.7 Å². The summed E-state index contributed by atoms with van der Waals surface area (Å²) in [5.74, 6) is 1.69. The van der Waals surface area contributed by atoms with E-state index in [0.29, 0.717) is 0 Å². The van der Waals surface area contributed by atoms with Gasteiger partial charge in [-0.2, -0.15) is 0 Å². The first-order valence-electron chi connectivity index (χ1n) is 6.75. The lowest BCUT2D eigenvalue weighted by atomic mass is 9.81. The Labute approximate surface area is 100 Å². The summed E-state index contributed by atoms with van der Waals surface area (Å²) in [6.45, 7) is 13.7. The number of likely N-dealkylation sites (tertiary alicyclic amines) is 1. The minimum Gasteiger partial charge on any atom is -0.317 e. The summed E-state index contributed by atoms with van der Waals surface area (Å²) in [6, 6.07) is 0. The molecule has 0 amide bonds. The molecule has 0 bridgehead atoms. The molecule has 1 N–H and O–H groups in total. The predicted octanol–water partition coefficient (Wildman–Crippen LogP) is 2.27. The van der Waals surface area contributed by atoms with Crippen LogP contribution in [0.3, 0.4) is 0 Å². The lowest BCUT2D eigenvalue weighted by Crippen LogP contribution is -2.57. The van der Waals surface area contributed by atoms with Crippen LogP contribution in [0.2, 0.25) is 0 Å². The number of hydrogen-bond acceptors (Lipinski definition) is 2. The van der Waals surface area contributed by atoms with Gasteiger partial charge in [-0.05, 0) is 44.2 Å². The Morgan fingerprint density at radius 1 is 1.19 bits per heavy atom. The number of nitrogens with zero attached hydrogens (tertiary/aromatic N) is 1. The fraction of sp³-hybridized carbons (Fsp3) is 0.857. The van der Waals surface area contributed by atoms with Crippen LogP contribution in [0.4, 0.5) is 0 Å². The minimum absolute atomic E-state index is 0.286. The summed E-state index contributed by atoms with van der Waals surface area (Å²) in [6.07, 6.45) is 6.08. The lowest BCUT2D eigenvalue weighted by Gasteiger charge is -2.49. The van der Waals surface area contributed by atoms with Crippen molar-refractivity contribution in [1.29, 1.82) is 0 Å². The third-order valence-electron chi connectivity index (χ3n) is 4.35. The molecular formula is C14H26N2. The average molecular weight is 222 g/mol. The monoisotopic (exact) mass is 222 g/mol. The van der Waals surface area contributed by atoms with Crippen molar-refractivity contribution in [2.75, 3.05) is 26.2 Å². The third kappa shape index (κ3) is 2.33. The maximum atomic E-state index is 4.11. The second-order valence-electron chi connectivity index (χ2n) is 5.91. The molecule has 16 heavy (non-hydrogen) atoms. The fourth-order valence-corrected chi connectivity index (χ4v) is 3.54. The van der Waals surface area contributed by atoms with E-state index in [1.807, 2.05) is 0 Å². The van der Waals surface area contributed by atoms with E-state index in [9.17, 15) is 0 Å². The smallest absolute Gasteiger partial charge is 0.0413 e. The van der Waals surface area contributed by atoms with Crippen LogP contribution >= 0.6 is 0 Å². The quantitative estimate of drug-likeness (QED) is 0.721. The van der Waals surface area contributed by atoms with Crippen LogP contribution in [0.5, 0.6) is 0 Å². The van der Waals surface area contributed by atoms with Crippen molar-refractivity contribution < 1.29 is 0 Å². The zero-order chi connectivity index (χ0) is 11.6. The van der Waals surface area contributed by atoms with E-state index >= 15 is 0 Å². The normalized spacial score (nSPS) is 35.9. The summed E-state index contributed by atoms with van der Waals surface area (Å²) in [5.41, 5.74) is 0.286. The summed E-state index contributed by atoms with van der Waals surface area (Å²) >= 11 is 0. The van der Waals surface area contributed by atoms with E-state index in [0.717, 1.165) is 24.9 Å². The molecule has 0 radical (unpaired) electrons. The molecule has 0 aromatic heterocycles. The van der Waals surface area contributed by atoms with Crippen molar-refractivity contribution in [1.82, 2.24) is 10.2 Å². The van der Waals surface area contributed by atoms with Crippen LogP contribution in [-0.4, -0.2) is 36.6 Å². The molecule has 0 spiro atoms. The Balaban J connectivity index is 2.10. The van der Waals surface area contributed by atoms with E-state index < -0.39 is 0 Å². The average Bonchev–Trinajstić information content (AvgIpc) is 2.28. The Morgan fingerprint density at radius 2 is 1.75 bits per heavy atom. The van der Waals surface area contributed by atoms with Gasteiger partial charge in [-0.15, -0.1) is 6.58 Å². The first-order chi connectivity index (χ1) is 7.66. The number of hydrogen-bond donors (Lipinski definition) is 1. The molecule has 2 atom stereocenters. The van der Waals surface area contributed by atoms with Crippen molar-refractivity contribution in [2.24, 2.45) is 11.8 Å². The van der Waals surface area contributed by atoms with Crippen molar-refractivity contribution in [3.63, 3.8) is 0 Å². The highest BCUT2D eigenvalue weighted by atomic mass is 15.2. The zero-order valence-corrected chi connectivity index (χ0v) is 10.8. The molecule has 2 saturated heterocycles. The van der Waals surface area contributed by atoms with Gasteiger partial charge in [-0.25, -0.2) is 0 Å². The topological polar surface area (TPSA) is 15.3 Å². The summed E-state index contributed by atoms with van der Waals surface area (Å²) in [4.78, 5) is 2.71. The van der Waals surface area contributed by atoms with Gasteiger partial charge in [0.1, 0.15) is 0 Å². The van der Waals surface area contributed by atoms with E-state index in [1.54, 1.807) is 0 Å². The SMILES string of the molecule is C=CC1(N2C[C@H](C)C[C@@H](C)C2)CCNCC1. The van der Waals surface area contributed by atoms with Crippen LogP contribution in [0.25, 0.3) is 0 Å². The van der Waals surface area contributed by atoms with E-state index in [1.165, 1.54) is 32.4 Å². The maximum Gasteiger partial charge on any atom is 0.0413 e. The van der Waals surface area contributed by atoms with Crippen LogP contribution < -0.4 is 5.32 Å². The third-order valence-corrected chi connectivity index (χ3v) is 4.35. The van der Waals surface area contributed by atoms with Crippen molar-refractivity contribution in [3.05, 3.63) is 12.7 Å². The van der Waals surface area contributed by atoms with Gasteiger partial charge in [-0.3, -0.25) is 4.90 Å². The van der Waals surface area contributed by atoms with Gasteiger partial charge >= 0.3 is 0 Å². The number of rotatable bonds is 2. The van der Waals surface area contributed by atoms with Crippen molar-refractivity contribution in [3.8, 4) is 0 Å². The predicted molar refractivity (Wildman–Crippen MR) is 69.5 cm³/mol. The molecule has 0 aromatic carbocycles. The van der Waals surface area contributed by atoms with E-state index in [4.69, 9.17) is 0 Å². The molecule has 2 nitrogen and oxygen atoms in total.